The van der Waals surface area contributed by atoms with Crippen molar-refractivity contribution in [3.63, 3.8) is 0 Å². The number of oxazole rings is 1. The Kier molecular flexibility index (Phi) is 2.33. The van der Waals surface area contributed by atoms with Crippen molar-refractivity contribution in [1.29, 1.82) is 0 Å². The van der Waals surface area contributed by atoms with E-state index >= 15 is 0 Å². The molecule has 0 radical (unpaired) electrons. The summed E-state index contributed by atoms with van der Waals surface area (Å²) in [6.07, 6.45) is 1.46. The quantitative estimate of drug-likeness (QED) is 0.876. The minimum atomic E-state index is 0.817. The summed E-state index contributed by atoms with van der Waals surface area (Å²) in [5, 5.41) is 3.09. The van der Waals surface area contributed by atoms with Gasteiger partial charge >= 0.3 is 0 Å². The topological polar surface area (TPSA) is 38.1 Å². The second-order valence-corrected chi connectivity index (χ2v) is 3.65. The molecule has 0 aliphatic heterocycles. The van der Waals surface area contributed by atoms with Gasteiger partial charge in [-0.15, -0.1) is 0 Å². The first-order valence-electron chi connectivity index (χ1n) is 3.97. The lowest BCUT2D eigenvalue weighted by Gasteiger charge is -2.02. The molecule has 0 aliphatic carbocycles. The van der Waals surface area contributed by atoms with Gasteiger partial charge < -0.3 is 9.73 Å². The number of rotatable bonds is 2. The highest BCUT2D eigenvalue weighted by Crippen LogP contribution is 2.23. The molecule has 1 aromatic carbocycles. The van der Waals surface area contributed by atoms with Crippen LogP contribution in [0.25, 0.3) is 11.1 Å². The van der Waals surface area contributed by atoms with E-state index in [4.69, 9.17) is 4.42 Å². The van der Waals surface area contributed by atoms with Crippen LogP contribution >= 0.6 is 15.9 Å². The van der Waals surface area contributed by atoms with Gasteiger partial charge in [-0.05, 0) is 24.7 Å². The largest absolute Gasteiger partial charge is 0.443 e. The number of halogens is 1. The van der Waals surface area contributed by atoms with Gasteiger partial charge in [-0.3, -0.25) is 0 Å². The molecule has 0 bridgehead atoms. The van der Waals surface area contributed by atoms with E-state index in [9.17, 15) is 0 Å². The molecular formula is C9H9BrN2O. The van der Waals surface area contributed by atoms with E-state index in [-0.39, 0.29) is 0 Å². The molecule has 0 amide bonds. The standard InChI is InChI=1S/C9H9BrN2O/c1-11-4-6-2-9-8(3-7(6)10)12-5-13-9/h2-3,5,11H,4H2,1H3. The van der Waals surface area contributed by atoms with E-state index in [1.54, 1.807) is 0 Å². The van der Waals surface area contributed by atoms with Gasteiger partial charge in [0.25, 0.3) is 0 Å². The molecule has 4 heteroatoms. The molecule has 0 fully saturated rings. The molecule has 0 aliphatic rings. The van der Waals surface area contributed by atoms with E-state index in [1.165, 1.54) is 12.0 Å². The zero-order valence-corrected chi connectivity index (χ0v) is 8.76. The fourth-order valence-electron chi connectivity index (χ4n) is 1.25. The Morgan fingerprint density at radius 2 is 2.38 bits per heavy atom. The lowest BCUT2D eigenvalue weighted by molar-refractivity contribution is 0.601. The van der Waals surface area contributed by atoms with Gasteiger partial charge in [-0.1, -0.05) is 15.9 Å². The van der Waals surface area contributed by atoms with Crippen molar-refractivity contribution in [2.75, 3.05) is 7.05 Å². The van der Waals surface area contributed by atoms with Crippen molar-refractivity contribution in [2.45, 2.75) is 6.54 Å². The third-order valence-corrected chi connectivity index (χ3v) is 2.60. The summed E-state index contributed by atoms with van der Waals surface area (Å²) in [7, 11) is 1.91. The van der Waals surface area contributed by atoms with Crippen LogP contribution in [0.1, 0.15) is 5.56 Å². The number of nitrogens with zero attached hydrogens (tertiary/aromatic N) is 1. The molecule has 1 heterocycles. The predicted molar refractivity (Wildman–Crippen MR) is 54.5 cm³/mol. The first-order valence-corrected chi connectivity index (χ1v) is 4.77. The summed E-state index contributed by atoms with van der Waals surface area (Å²) in [6, 6.07) is 3.95. The molecule has 2 aromatic rings. The molecular weight excluding hydrogens is 232 g/mol. The minimum Gasteiger partial charge on any atom is -0.443 e. The van der Waals surface area contributed by atoms with Gasteiger partial charge in [-0.25, -0.2) is 4.98 Å². The summed E-state index contributed by atoms with van der Waals surface area (Å²) in [6.45, 7) is 0.817. The fourth-order valence-corrected chi connectivity index (χ4v) is 1.72. The summed E-state index contributed by atoms with van der Waals surface area (Å²) >= 11 is 3.48. The zero-order chi connectivity index (χ0) is 9.26. The monoisotopic (exact) mass is 240 g/mol. The van der Waals surface area contributed by atoms with Crippen molar-refractivity contribution >= 4 is 27.0 Å². The fraction of sp³-hybridized carbons (Fsp3) is 0.222. The molecule has 2 rings (SSSR count). The van der Waals surface area contributed by atoms with Crippen molar-refractivity contribution in [1.82, 2.24) is 10.3 Å². The number of benzene rings is 1. The molecule has 1 N–H and O–H groups in total. The highest BCUT2D eigenvalue weighted by Gasteiger charge is 2.04. The zero-order valence-electron chi connectivity index (χ0n) is 7.17. The Bertz CT molecular complexity index is 424. The normalized spacial score (nSPS) is 10.9. The molecule has 0 unspecified atom stereocenters. The van der Waals surface area contributed by atoms with Crippen LogP contribution in [0.3, 0.4) is 0 Å². The number of hydrogen-bond acceptors (Lipinski definition) is 3. The molecule has 0 spiro atoms. The van der Waals surface area contributed by atoms with Gasteiger partial charge in [0.2, 0.25) is 0 Å². The van der Waals surface area contributed by atoms with E-state index < -0.39 is 0 Å². The van der Waals surface area contributed by atoms with E-state index in [0.717, 1.165) is 22.1 Å². The van der Waals surface area contributed by atoms with Crippen LogP contribution in [0.5, 0.6) is 0 Å². The van der Waals surface area contributed by atoms with Crippen LogP contribution < -0.4 is 5.32 Å². The van der Waals surface area contributed by atoms with Crippen LogP contribution in [0, 0.1) is 0 Å². The Morgan fingerprint density at radius 1 is 1.54 bits per heavy atom. The van der Waals surface area contributed by atoms with Gasteiger partial charge in [0, 0.05) is 11.0 Å². The number of nitrogens with one attached hydrogen (secondary N) is 1. The van der Waals surface area contributed by atoms with Gasteiger partial charge in [0.15, 0.2) is 12.0 Å². The molecule has 0 saturated heterocycles. The Labute approximate surface area is 84.3 Å². The third-order valence-electron chi connectivity index (χ3n) is 1.87. The van der Waals surface area contributed by atoms with Crippen molar-refractivity contribution in [3.8, 4) is 0 Å². The van der Waals surface area contributed by atoms with Crippen LogP contribution in [-0.4, -0.2) is 12.0 Å². The van der Waals surface area contributed by atoms with Crippen LogP contribution in [0.15, 0.2) is 27.4 Å². The van der Waals surface area contributed by atoms with E-state index in [2.05, 4.69) is 26.2 Å². The molecule has 0 atom stereocenters. The van der Waals surface area contributed by atoms with Gasteiger partial charge in [0.1, 0.15) is 5.52 Å². The number of fused-ring (bicyclic) bond motifs is 1. The molecule has 13 heavy (non-hydrogen) atoms. The van der Waals surface area contributed by atoms with Crippen LogP contribution in [0.2, 0.25) is 0 Å². The summed E-state index contributed by atoms with van der Waals surface area (Å²) in [5.74, 6) is 0. The SMILES string of the molecule is CNCc1cc2ocnc2cc1Br. The summed E-state index contributed by atoms with van der Waals surface area (Å²) < 4.78 is 6.26. The van der Waals surface area contributed by atoms with Crippen LogP contribution in [-0.2, 0) is 6.54 Å². The maximum absolute atomic E-state index is 5.20. The van der Waals surface area contributed by atoms with Crippen molar-refractivity contribution < 1.29 is 4.42 Å². The minimum absolute atomic E-state index is 0.817. The molecule has 0 saturated carbocycles. The average molecular weight is 241 g/mol. The van der Waals surface area contributed by atoms with E-state index in [0.29, 0.717) is 0 Å². The van der Waals surface area contributed by atoms with Crippen molar-refractivity contribution in [2.24, 2.45) is 0 Å². The number of hydrogen-bond donors (Lipinski definition) is 1. The van der Waals surface area contributed by atoms with E-state index in [1.807, 2.05) is 19.2 Å². The maximum atomic E-state index is 5.20. The lowest BCUT2D eigenvalue weighted by Crippen LogP contribution is -2.05. The summed E-state index contributed by atoms with van der Waals surface area (Å²) in [4.78, 5) is 4.06. The second kappa shape index (κ2) is 3.47. The average Bonchev–Trinajstić information content (AvgIpc) is 2.52. The Morgan fingerprint density at radius 3 is 3.15 bits per heavy atom. The van der Waals surface area contributed by atoms with Crippen LogP contribution in [0.4, 0.5) is 0 Å². The van der Waals surface area contributed by atoms with Crippen molar-refractivity contribution in [3.05, 3.63) is 28.6 Å². The smallest absolute Gasteiger partial charge is 0.181 e. The molecule has 1 aromatic heterocycles. The predicted octanol–water partition coefficient (Wildman–Crippen LogP) is 2.31. The van der Waals surface area contributed by atoms with Gasteiger partial charge in [0.05, 0.1) is 0 Å². The molecule has 68 valence electrons. The Hall–Kier alpha value is -0.870. The summed E-state index contributed by atoms with van der Waals surface area (Å²) in [5.41, 5.74) is 2.88. The first-order chi connectivity index (χ1) is 6.31. The number of aromatic nitrogens is 1. The second-order valence-electron chi connectivity index (χ2n) is 2.79. The highest BCUT2D eigenvalue weighted by molar-refractivity contribution is 9.10. The van der Waals surface area contributed by atoms with Gasteiger partial charge in [-0.2, -0.15) is 0 Å². The third kappa shape index (κ3) is 1.59. The molecule has 3 nitrogen and oxygen atoms in total. The maximum Gasteiger partial charge on any atom is 0.181 e. The lowest BCUT2D eigenvalue weighted by atomic mass is 10.2. The Balaban J connectivity index is 2.56. The first kappa shape index (κ1) is 8.72. The highest BCUT2D eigenvalue weighted by atomic mass is 79.9.